The van der Waals surface area contributed by atoms with E-state index < -0.39 is 42.0 Å². The van der Waals surface area contributed by atoms with Crippen LogP contribution in [-0.4, -0.2) is 91.4 Å². The van der Waals surface area contributed by atoms with Gasteiger partial charge in [-0.1, -0.05) is 58.1 Å². The van der Waals surface area contributed by atoms with Gasteiger partial charge in [0.25, 0.3) is 5.91 Å². The number of ether oxygens (including phenoxy) is 2. The SMILES string of the molecule is CC=C(C=C(C)O)CC1NC(=O)C(C(C)C)NC(=O)C(C)C(OC)C(C)C(OC)C=CC=CCCNC(=O)C2CCCN(N2)C1=O. The number of amides is 4. The average Bonchev–Trinajstić information content (AvgIpc) is 3.02. The molecule has 12 heteroatoms. The van der Waals surface area contributed by atoms with Crippen LogP contribution >= 0.6 is 0 Å². The first kappa shape index (κ1) is 38.7. The van der Waals surface area contributed by atoms with Crippen LogP contribution in [0.1, 0.15) is 67.2 Å². The number of rotatable bonds is 6. The molecule has 0 aromatic rings. The van der Waals surface area contributed by atoms with Gasteiger partial charge < -0.3 is 30.5 Å². The second-order valence-corrected chi connectivity index (χ2v) is 12.4. The van der Waals surface area contributed by atoms with E-state index in [2.05, 4.69) is 21.4 Å². The van der Waals surface area contributed by atoms with Gasteiger partial charge in [-0.15, -0.1) is 0 Å². The van der Waals surface area contributed by atoms with Crippen LogP contribution in [0, 0.1) is 17.8 Å². The van der Waals surface area contributed by atoms with Gasteiger partial charge in [-0.25, -0.2) is 5.43 Å². The molecule has 0 aromatic heterocycles. The maximum atomic E-state index is 13.9. The fraction of sp³-hybridized carbons (Fsp3) is 0.647. The van der Waals surface area contributed by atoms with Crippen molar-refractivity contribution < 1.29 is 33.8 Å². The predicted molar refractivity (Wildman–Crippen MR) is 177 cm³/mol. The number of hydrogen-bond acceptors (Lipinski definition) is 8. The van der Waals surface area contributed by atoms with Crippen LogP contribution in [0.3, 0.4) is 0 Å². The zero-order valence-electron chi connectivity index (χ0n) is 28.7. The molecule has 2 aliphatic heterocycles. The molecule has 12 nitrogen and oxygen atoms in total. The number of hydrogen-bond donors (Lipinski definition) is 5. The highest BCUT2D eigenvalue weighted by Crippen LogP contribution is 2.23. The summed E-state index contributed by atoms with van der Waals surface area (Å²) >= 11 is 0. The Hall–Kier alpha value is -3.48. The molecular weight excluding hydrogens is 590 g/mol. The van der Waals surface area contributed by atoms with Crippen LogP contribution in [0.15, 0.2) is 47.8 Å². The third-order valence-corrected chi connectivity index (χ3v) is 8.48. The van der Waals surface area contributed by atoms with E-state index in [9.17, 15) is 24.3 Å². The molecule has 2 rings (SSSR count). The van der Waals surface area contributed by atoms with Gasteiger partial charge >= 0.3 is 0 Å². The zero-order valence-corrected chi connectivity index (χ0v) is 28.7. The smallest absolute Gasteiger partial charge is 0.259 e. The first-order valence-corrected chi connectivity index (χ1v) is 16.2. The molecule has 5 N–H and O–H groups in total. The van der Waals surface area contributed by atoms with Crippen molar-refractivity contribution in [2.24, 2.45) is 17.8 Å². The van der Waals surface area contributed by atoms with Gasteiger partial charge in [-0.3, -0.25) is 24.2 Å². The number of carbonyl (C=O) groups excluding carboxylic acids is 4. The number of methoxy groups -OCH3 is 2. The maximum Gasteiger partial charge on any atom is 0.259 e. The van der Waals surface area contributed by atoms with E-state index in [0.717, 1.165) is 0 Å². The van der Waals surface area contributed by atoms with Crippen molar-refractivity contribution in [1.29, 1.82) is 0 Å². The van der Waals surface area contributed by atoms with Gasteiger partial charge in [-0.2, -0.15) is 0 Å². The van der Waals surface area contributed by atoms with Crippen molar-refractivity contribution in [2.45, 2.75) is 97.6 Å². The second kappa shape index (κ2) is 19.2. The van der Waals surface area contributed by atoms with E-state index in [0.29, 0.717) is 37.9 Å². The lowest BCUT2D eigenvalue weighted by atomic mass is 9.87. The molecule has 7 unspecified atom stereocenters. The highest BCUT2D eigenvalue weighted by atomic mass is 16.5. The third-order valence-electron chi connectivity index (χ3n) is 8.48. The van der Waals surface area contributed by atoms with Crippen LogP contribution in [0.2, 0.25) is 0 Å². The fourth-order valence-electron chi connectivity index (χ4n) is 5.80. The summed E-state index contributed by atoms with van der Waals surface area (Å²) < 4.78 is 11.5. The normalized spacial score (nSPS) is 30.3. The van der Waals surface area contributed by atoms with Crippen LogP contribution in [0.4, 0.5) is 0 Å². The van der Waals surface area contributed by atoms with Crippen molar-refractivity contribution in [2.75, 3.05) is 27.3 Å². The van der Waals surface area contributed by atoms with E-state index in [1.165, 1.54) is 18.0 Å². The monoisotopic (exact) mass is 645 g/mol. The van der Waals surface area contributed by atoms with Crippen LogP contribution in [0.5, 0.6) is 0 Å². The molecular formula is C34H55N5O7. The summed E-state index contributed by atoms with van der Waals surface area (Å²) in [6.45, 7) is 11.4. The van der Waals surface area contributed by atoms with E-state index in [1.54, 1.807) is 34.1 Å². The number of nitrogens with zero attached hydrogens (tertiary/aromatic N) is 1. The average molecular weight is 646 g/mol. The van der Waals surface area contributed by atoms with E-state index in [1.807, 2.05) is 45.1 Å². The Morgan fingerprint density at radius 2 is 1.78 bits per heavy atom. The summed E-state index contributed by atoms with van der Waals surface area (Å²) in [5.41, 5.74) is 3.69. The Labute approximate surface area is 274 Å². The van der Waals surface area contributed by atoms with Crippen molar-refractivity contribution in [3.8, 4) is 0 Å². The van der Waals surface area contributed by atoms with Gasteiger partial charge in [0.15, 0.2) is 0 Å². The molecule has 2 bridgehead atoms. The quantitative estimate of drug-likeness (QED) is 0.218. The Bertz CT molecular complexity index is 1160. The molecule has 0 aliphatic carbocycles. The molecule has 0 radical (unpaired) electrons. The number of hydrazine groups is 1. The molecule has 1 fully saturated rings. The predicted octanol–water partition coefficient (Wildman–Crippen LogP) is 2.84. The number of carbonyl (C=O) groups is 4. The molecule has 0 spiro atoms. The van der Waals surface area contributed by atoms with Gasteiger partial charge in [0.05, 0.1) is 23.9 Å². The Morgan fingerprint density at radius 1 is 1.07 bits per heavy atom. The molecule has 46 heavy (non-hydrogen) atoms. The van der Waals surface area contributed by atoms with Crippen molar-refractivity contribution >= 4 is 23.6 Å². The van der Waals surface area contributed by atoms with Crippen LogP contribution in [-0.2, 0) is 28.7 Å². The van der Waals surface area contributed by atoms with Gasteiger partial charge in [-0.05, 0) is 50.7 Å². The third kappa shape index (κ3) is 11.4. The summed E-state index contributed by atoms with van der Waals surface area (Å²) in [6, 6.07) is -2.60. The fourth-order valence-corrected chi connectivity index (χ4v) is 5.80. The molecule has 4 amide bonds. The number of aliphatic hydroxyl groups excluding tert-OH is 1. The second-order valence-electron chi connectivity index (χ2n) is 12.4. The topological polar surface area (TPSA) is 158 Å². The Morgan fingerprint density at radius 3 is 2.39 bits per heavy atom. The first-order chi connectivity index (χ1) is 21.8. The lowest BCUT2D eigenvalue weighted by Gasteiger charge is -2.36. The van der Waals surface area contributed by atoms with Crippen LogP contribution < -0.4 is 21.4 Å². The summed E-state index contributed by atoms with van der Waals surface area (Å²) in [5.74, 6) is -2.61. The van der Waals surface area contributed by atoms with Crippen molar-refractivity contribution in [3.63, 3.8) is 0 Å². The number of nitrogens with one attached hydrogen (secondary N) is 4. The summed E-state index contributed by atoms with van der Waals surface area (Å²) in [4.78, 5) is 54.3. The minimum absolute atomic E-state index is 0.0578. The molecule has 2 aliphatic rings. The molecule has 0 aromatic carbocycles. The maximum absolute atomic E-state index is 13.9. The lowest BCUT2D eigenvalue weighted by molar-refractivity contribution is -0.144. The van der Waals surface area contributed by atoms with E-state index in [4.69, 9.17) is 9.47 Å². The minimum atomic E-state index is -1.04. The highest BCUT2D eigenvalue weighted by Gasteiger charge is 2.37. The standard InChI is InChI=1S/C34H55N5O7/c1-9-25(19-22(4)40)20-27-34(44)39-18-14-15-26(38-39)32(42)35-17-13-11-10-12-16-28(45-7)23(5)30(46-8)24(6)31(41)37-29(21(2)3)33(43)36-27/h9-12,16,19,21,23-24,26-30,38,40H,13-15,17-18,20H2,1-8H3,(H,35,42)(H,36,43)(H,37,41). The zero-order chi connectivity index (χ0) is 34.4. The molecule has 258 valence electrons. The number of aliphatic hydroxyl groups is 1. The van der Waals surface area contributed by atoms with Crippen molar-refractivity contribution in [3.05, 3.63) is 47.8 Å². The van der Waals surface area contributed by atoms with Crippen LogP contribution in [0.25, 0.3) is 0 Å². The Balaban J connectivity index is 2.49. The van der Waals surface area contributed by atoms with Crippen molar-refractivity contribution in [1.82, 2.24) is 26.4 Å². The van der Waals surface area contributed by atoms with E-state index in [-0.39, 0.29) is 41.9 Å². The number of fused-ring (bicyclic) bond motifs is 2. The molecule has 0 saturated carbocycles. The molecule has 1 saturated heterocycles. The Kier molecular flexibility index (Phi) is 16.2. The largest absolute Gasteiger partial charge is 0.513 e. The lowest BCUT2D eigenvalue weighted by Crippen LogP contribution is -2.62. The molecule has 7 atom stereocenters. The minimum Gasteiger partial charge on any atom is -0.513 e. The summed E-state index contributed by atoms with van der Waals surface area (Å²) in [5, 5.41) is 20.0. The summed E-state index contributed by atoms with van der Waals surface area (Å²) in [7, 11) is 3.14. The van der Waals surface area contributed by atoms with E-state index >= 15 is 0 Å². The van der Waals surface area contributed by atoms with Gasteiger partial charge in [0, 0.05) is 39.6 Å². The van der Waals surface area contributed by atoms with Gasteiger partial charge in [0.1, 0.15) is 18.1 Å². The van der Waals surface area contributed by atoms with Gasteiger partial charge in [0.2, 0.25) is 17.7 Å². The molecule has 2 heterocycles. The first-order valence-electron chi connectivity index (χ1n) is 16.2. The number of allylic oxidation sites excluding steroid dienone is 5. The highest BCUT2D eigenvalue weighted by molar-refractivity contribution is 5.93. The summed E-state index contributed by atoms with van der Waals surface area (Å²) in [6.07, 6.45) is 11.8.